The summed E-state index contributed by atoms with van der Waals surface area (Å²) < 4.78 is 0. The van der Waals surface area contributed by atoms with E-state index in [1.807, 2.05) is 0 Å². The van der Waals surface area contributed by atoms with Crippen molar-refractivity contribution in [1.82, 2.24) is 4.90 Å². The average Bonchev–Trinajstić information content (AvgIpc) is 2.87. The van der Waals surface area contributed by atoms with E-state index >= 15 is 0 Å². The highest BCUT2D eigenvalue weighted by Crippen LogP contribution is 2.51. The van der Waals surface area contributed by atoms with E-state index in [1.54, 1.807) is 0 Å². The van der Waals surface area contributed by atoms with E-state index in [9.17, 15) is 0 Å². The summed E-state index contributed by atoms with van der Waals surface area (Å²) in [5, 5.41) is 0. The van der Waals surface area contributed by atoms with Crippen LogP contribution in [0.2, 0.25) is 0 Å². The maximum Gasteiger partial charge on any atom is 0.0385 e. The van der Waals surface area contributed by atoms with Gasteiger partial charge >= 0.3 is 0 Å². The molecule has 1 saturated heterocycles. The molecule has 0 aromatic heterocycles. The van der Waals surface area contributed by atoms with Gasteiger partial charge in [0, 0.05) is 18.1 Å². The van der Waals surface area contributed by atoms with Crippen molar-refractivity contribution in [2.45, 2.75) is 83.2 Å². The van der Waals surface area contributed by atoms with Gasteiger partial charge in [0.2, 0.25) is 0 Å². The molecule has 3 atom stereocenters. The van der Waals surface area contributed by atoms with Crippen molar-refractivity contribution in [2.24, 2.45) is 17.1 Å². The molecule has 2 saturated carbocycles. The van der Waals surface area contributed by atoms with Crippen molar-refractivity contribution in [2.75, 3.05) is 13.1 Å². The molecule has 110 valence electrons. The lowest BCUT2D eigenvalue weighted by Crippen LogP contribution is -2.67. The van der Waals surface area contributed by atoms with Gasteiger partial charge < -0.3 is 5.73 Å². The molecule has 0 radical (unpaired) electrons. The second kappa shape index (κ2) is 5.04. The number of rotatable bonds is 2. The molecule has 2 N–H and O–H groups in total. The molecule has 2 heteroatoms. The minimum absolute atomic E-state index is 0.291. The molecule has 0 aromatic carbocycles. The Labute approximate surface area is 119 Å². The fourth-order valence-electron chi connectivity index (χ4n) is 5.57. The lowest BCUT2D eigenvalue weighted by atomic mass is 9.61. The summed E-state index contributed by atoms with van der Waals surface area (Å²) in [4.78, 5) is 2.91. The Morgan fingerprint density at radius 1 is 1.00 bits per heavy atom. The predicted octanol–water partition coefficient (Wildman–Crippen LogP) is 3.55. The first-order chi connectivity index (χ1) is 9.11. The number of nitrogens with two attached hydrogens (primary N) is 1. The summed E-state index contributed by atoms with van der Waals surface area (Å²) >= 11 is 0. The average molecular weight is 264 g/mol. The zero-order valence-electron chi connectivity index (χ0n) is 13.0. The number of hydrogen-bond donors (Lipinski definition) is 1. The Morgan fingerprint density at radius 2 is 1.74 bits per heavy atom. The van der Waals surface area contributed by atoms with Gasteiger partial charge in [-0.1, -0.05) is 33.1 Å². The second-order valence-corrected chi connectivity index (χ2v) is 7.92. The van der Waals surface area contributed by atoms with Gasteiger partial charge in [0.15, 0.2) is 0 Å². The van der Waals surface area contributed by atoms with Crippen molar-refractivity contribution in [3.8, 4) is 0 Å². The molecule has 0 aromatic rings. The first-order valence-electron chi connectivity index (χ1n) is 8.58. The quantitative estimate of drug-likeness (QED) is 0.826. The predicted molar refractivity (Wildman–Crippen MR) is 81.1 cm³/mol. The van der Waals surface area contributed by atoms with E-state index < -0.39 is 0 Å². The monoisotopic (exact) mass is 264 g/mol. The molecule has 1 aliphatic heterocycles. The fraction of sp³-hybridized carbons (Fsp3) is 1.00. The summed E-state index contributed by atoms with van der Waals surface area (Å²) in [6.07, 6.45) is 12.7. The Bertz CT molecular complexity index is 325. The van der Waals surface area contributed by atoms with E-state index in [2.05, 4.69) is 18.7 Å². The van der Waals surface area contributed by atoms with Gasteiger partial charge in [-0.2, -0.15) is 0 Å². The second-order valence-electron chi connectivity index (χ2n) is 7.92. The molecule has 3 rings (SSSR count). The third kappa shape index (κ3) is 2.06. The molecule has 3 fully saturated rings. The summed E-state index contributed by atoms with van der Waals surface area (Å²) in [5.74, 6) is 0.981. The number of likely N-dealkylation sites (tertiary alicyclic amines) is 1. The van der Waals surface area contributed by atoms with E-state index in [-0.39, 0.29) is 0 Å². The standard InChI is InChI=1S/C17H32N2/c1-16(2)10-3-4-11-17(16,13-18)19-12-6-8-14-7-5-9-15(14)19/h14-15H,3-13,18H2,1-2H3. The highest BCUT2D eigenvalue weighted by molar-refractivity contribution is 5.09. The van der Waals surface area contributed by atoms with Crippen LogP contribution in [0.4, 0.5) is 0 Å². The summed E-state index contributed by atoms with van der Waals surface area (Å²) in [6.45, 7) is 7.14. The number of piperidine rings is 1. The molecular formula is C17H32N2. The highest BCUT2D eigenvalue weighted by Gasteiger charge is 2.53. The first-order valence-corrected chi connectivity index (χ1v) is 8.58. The van der Waals surface area contributed by atoms with Crippen molar-refractivity contribution in [1.29, 1.82) is 0 Å². The Morgan fingerprint density at radius 3 is 2.47 bits per heavy atom. The molecule has 19 heavy (non-hydrogen) atoms. The van der Waals surface area contributed by atoms with Crippen molar-refractivity contribution >= 4 is 0 Å². The molecule has 3 unspecified atom stereocenters. The maximum atomic E-state index is 6.39. The van der Waals surface area contributed by atoms with Crippen molar-refractivity contribution in [3.63, 3.8) is 0 Å². The lowest BCUT2D eigenvalue weighted by Gasteiger charge is -2.60. The summed E-state index contributed by atoms with van der Waals surface area (Å²) in [5.41, 5.74) is 7.07. The van der Waals surface area contributed by atoms with E-state index in [1.165, 1.54) is 64.3 Å². The van der Waals surface area contributed by atoms with Gasteiger partial charge in [-0.15, -0.1) is 0 Å². The summed E-state index contributed by atoms with van der Waals surface area (Å²) in [7, 11) is 0. The smallest absolute Gasteiger partial charge is 0.0385 e. The largest absolute Gasteiger partial charge is 0.329 e. The van der Waals surface area contributed by atoms with Crippen LogP contribution in [0.5, 0.6) is 0 Å². The molecule has 0 spiro atoms. The van der Waals surface area contributed by atoms with Crippen molar-refractivity contribution in [3.05, 3.63) is 0 Å². The van der Waals surface area contributed by atoms with Crippen LogP contribution in [-0.4, -0.2) is 29.6 Å². The van der Waals surface area contributed by atoms with Crippen LogP contribution in [0.1, 0.15) is 71.6 Å². The molecule has 0 bridgehead atoms. The topological polar surface area (TPSA) is 29.3 Å². The molecule has 2 aliphatic carbocycles. The normalized spacial score (nSPS) is 43.1. The van der Waals surface area contributed by atoms with Crippen molar-refractivity contribution < 1.29 is 0 Å². The van der Waals surface area contributed by atoms with Gasteiger partial charge in [-0.05, 0) is 56.4 Å². The highest BCUT2D eigenvalue weighted by atomic mass is 15.3. The Kier molecular flexibility index (Phi) is 3.68. The van der Waals surface area contributed by atoms with Crippen LogP contribution in [-0.2, 0) is 0 Å². The van der Waals surface area contributed by atoms with E-state index in [0.29, 0.717) is 11.0 Å². The zero-order valence-corrected chi connectivity index (χ0v) is 13.0. The van der Waals surface area contributed by atoms with Gasteiger partial charge in [0.1, 0.15) is 0 Å². The van der Waals surface area contributed by atoms with E-state index in [4.69, 9.17) is 5.73 Å². The molecule has 2 nitrogen and oxygen atoms in total. The SMILES string of the molecule is CC1(C)CCCCC1(CN)N1CCCC2CCCC21. The third-order valence-corrected chi connectivity index (χ3v) is 6.78. The molecular weight excluding hydrogens is 232 g/mol. The maximum absolute atomic E-state index is 6.39. The van der Waals surface area contributed by atoms with Gasteiger partial charge in [0.05, 0.1) is 0 Å². The van der Waals surface area contributed by atoms with Crippen LogP contribution < -0.4 is 5.73 Å². The van der Waals surface area contributed by atoms with Gasteiger partial charge in [-0.25, -0.2) is 0 Å². The Hall–Kier alpha value is -0.0800. The van der Waals surface area contributed by atoms with Crippen LogP contribution in [0.15, 0.2) is 0 Å². The van der Waals surface area contributed by atoms with Crippen LogP contribution >= 0.6 is 0 Å². The van der Waals surface area contributed by atoms with Gasteiger partial charge in [-0.3, -0.25) is 4.90 Å². The lowest BCUT2D eigenvalue weighted by molar-refractivity contribution is -0.0889. The zero-order chi connectivity index (χ0) is 13.5. The first kappa shape index (κ1) is 13.9. The van der Waals surface area contributed by atoms with Crippen LogP contribution in [0, 0.1) is 11.3 Å². The van der Waals surface area contributed by atoms with Crippen LogP contribution in [0.25, 0.3) is 0 Å². The number of hydrogen-bond acceptors (Lipinski definition) is 2. The van der Waals surface area contributed by atoms with Crippen LogP contribution in [0.3, 0.4) is 0 Å². The number of nitrogens with zero attached hydrogens (tertiary/aromatic N) is 1. The van der Waals surface area contributed by atoms with Gasteiger partial charge in [0.25, 0.3) is 0 Å². The molecule has 1 heterocycles. The molecule has 0 amide bonds. The number of fused-ring (bicyclic) bond motifs is 1. The minimum atomic E-state index is 0.291. The summed E-state index contributed by atoms with van der Waals surface area (Å²) in [6, 6.07) is 0.856. The molecule has 3 aliphatic rings. The fourth-order valence-corrected chi connectivity index (χ4v) is 5.57. The Balaban J connectivity index is 1.91. The van der Waals surface area contributed by atoms with E-state index in [0.717, 1.165) is 18.5 Å². The third-order valence-electron chi connectivity index (χ3n) is 6.78. The minimum Gasteiger partial charge on any atom is -0.329 e.